The molecule has 0 aliphatic carbocycles. The number of para-hydroxylation sites is 2. The highest BCUT2D eigenvalue weighted by Gasteiger charge is 2.27. The topological polar surface area (TPSA) is 78.1 Å². The van der Waals surface area contributed by atoms with Crippen LogP contribution in [0.3, 0.4) is 0 Å². The Labute approximate surface area is 170 Å². The number of benzene rings is 2. The molecule has 0 spiro atoms. The molecule has 0 bridgehead atoms. The van der Waals surface area contributed by atoms with E-state index in [2.05, 4.69) is 10.3 Å². The lowest BCUT2D eigenvalue weighted by Gasteiger charge is -2.32. The zero-order valence-electron chi connectivity index (χ0n) is 16.8. The van der Waals surface area contributed by atoms with Gasteiger partial charge in [-0.15, -0.1) is 0 Å². The molecule has 1 unspecified atom stereocenters. The van der Waals surface area contributed by atoms with Gasteiger partial charge in [0.15, 0.2) is 0 Å². The van der Waals surface area contributed by atoms with Crippen LogP contribution in [0.5, 0.6) is 0 Å². The fourth-order valence-corrected chi connectivity index (χ4v) is 3.72. The van der Waals surface area contributed by atoms with E-state index in [0.717, 1.165) is 36.2 Å². The van der Waals surface area contributed by atoms with Crippen molar-refractivity contribution >= 4 is 28.5 Å². The number of hydrogen-bond acceptors (Lipinski definition) is 3. The summed E-state index contributed by atoms with van der Waals surface area (Å²) in [5.41, 5.74) is 3.34. The number of H-pyrrole nitrogens is 1. The Balaban J connectivity index is 1.45. The molecule has 6 nitrogen and oxygen atoms in total. The molecule has 0 radical (unpaired) electrons. The maximum atomic E-state index is 13.0. The molecule has 6 heteroatoms. The van der Waals surface area contributed by atoms with Crippen molar-refractivity contribution in [3.63, 3.8) is 0 Å². The minimum Gasteiger partial charge on any atom is -0.342 e. The number of rotatable bonds is 4. The number of carbonyl (C=O) groups is 2. The summed E-state index contributed by atoms with van der Waals surface area (Å²) in [5, 5.41) is 2.85. The van der Waals surface area contributed by atoms with Gasteiger partial charge >= 0.3 is 0 Å². The monoisotopic (exact) mass is 390 g/mol. The van der Waals surface area contributed by atoms with Crippen molar-refractivity contribution in [1.82, 2.24) is 14.9 Å². The van der Waals surface area contributed by atoms with Gasteiger partial charge in [0.05, 0.1) is 11.0 Å². The number of aromatic nitrogens is 2. The molecule has 29 heavy (non-hydrogen) atoms. The Morgan fingerprint density at radius 1 is 1.14 bits per heavy atom. The number of anilines is 1. The third-order valence-corrected chi connectivity index (χ3v) is 5.43. The molecule has 1 saturated heterocycles. The molecule has 1 atom stereocenters. The number of amides is 2. The van der Waals surface area contributed by atoms with Crippen LogP contribution in [0.15, 0.2) is 48.5 Å². The summed E-state index contributed by atoms with van der Waals surface area (Å²) in [6, 6.07) is 15.1. The summed E-state index contributed by atoms with van der Waals surface area (Å²) in [6.45, 7) is 5.11. The highest BCUT2D eigenvalue weighted by Crippen LogP contribution is 2.27. The number of likely N-dealkylation sites (tertiary alicyclic amines) is 1. The van der Waals surface area contributed by atoms with Crippen molar-refractivity contribution in [1.29, 1.82) is 0 Å². The number of nitrogens with zero attached hydrogens (tertiary/aromatic N) is 2. The Morgan fingerprint density at radius 2 is 1.90 bits per heavy atom. The van der Waals surface area contributed by atoms with Gasteiger partial charge < -0.3 is 15.2 Å². The lowest BCUT2D eigenvalue weighted by Crippen LogP contribution is -2.39. The van der Waals surface area contributed by atoms with E-state index in [0.29, 0.717) is 17.8 Å². The first kappa shape index (κ1) is 19.2. The lowest BCUT2D eigenvalue weighted by molar-refractivity contribution is -0.118. The van der Waals surface area contributed by atoms with Crippen molar-refractivity contribution in [2.24, 2.45) is 5.92 Å². The largest absolute Gasteiger partial charge is 0.342 e. The normalized spacial score (nSPS) is 16.9. The smallest absolute Gasteiger partial charge is 0.253 e. The highest BCUT2D eigenvalue weighted by molar-refractivity contribution is 5.96. The van der Waals surface area contributed by atoms with E-state index < -0.39 is 0 Å². The van der Waals surface area contributed by atoms with Gasteiger partial charge in [0.25, 0.3) is 5.91 Å². The molecular weight excluding hydrogens is 364 g/mol. The second-order valence-electron chi connectivity index (χ2n) is 7.95. The SMILES string of the molecule is CC(C)C(=O)Nc1ccc(C(=O)N2CCCC(c3nc4ccccc4[nH]3)C2)cc1. The Bertz CT molecular complexity index is 990. The average Bonchev–Trinajstić information content (AvgIpc) is 3.18. The van der Waals surface area contributed by atoms with Gasteiger partial charge in [-0.05, 0) is 49.2 Å². The van der Waals surface area contributed by atoms with Crippen LogP contribution in [0.2, 0.25) is 0 Å². The molecule has 1 aliphatic rings. The lowest BCUT2D eigenvalue weighted by atomic mass is 9.96. The molecule has 2 N–H and O–H groups in total. The molecule has 2 amide bonds. The predicted molar refractivity (Wildman–Crippen MR) is 114 cm³/mol. The molecule has 0 saturated carbocycles. The molecule has 1 aliphatic heterocycles. The van der Waals surface area contributed by atoms with Gasteiger partial charge in [-0.1, -0.05) is 26.0 Å². The molecule has 1 aromatic heterocycles. The summed E-state index contributed by atoms with van der Waals surface area (Å²) >= 11 is 0. The molecular formula is C23H26N4O2. The zero-order chi connectivity index (χ0) is 20.4. The zero-order valence-corrected chi connectivity index (χ0v) is 16.8. The Morgan fingerprint density at radius 3 is 2.62 bits per heavy atom. The van der Waals surface area contributed by atoms with E-state index in [9.17, 15) is 9.59 Å². The third kappa shape index (κ3) is 4.16. The number of aromatic amines is 1. The van der Waals surface area contributed by atoms with E-state index in [1.54, 1.807) is 24.3 Å². The first-order chi connectivity index (χ1) is 14.0. The van der Waals surface area contributed by atoms with Crippen LogP contribution in [0, 0.1) is 5.92 Å². The molecule has 1 fully saturated rings. The first-order valence-corrected chi connectivity index (χ1v) is 10.2. The van der Waals surface area contributed by atoms with Crippen LogP contribution >= 0.6 is 0 Å². The number of piperidine rings is 1. The van der Waals surface area contributed by atoms with Crippen molar-refractivity contribution in [2.45, 2.75) is 32.6 Å². The fraction of sp³-hybridized carbons (Fsp3) is 0.348. The van der Waals surface area contributed by atoms with Crippen molar-refractivity contribution in [2.75, 3.05) is 18.4 Å². The van der Waals surface area contributed by atoms with E-state index >= 15 is 0 Å². The summed E-state index contributed by atoms with van der Waals surface area (Å²) in [5.74, 6) is 1.07. The third-order valence-electron chi connectivity index (χ3n) is 5.43. The minimum atomic E-state index is -0.0835. The number of nitrogens with one attached hydrogen (secondary N) is 2. The second kappa shape index (κ2) is 8.07. The predicted octanol–water partition coefficient (Wildman–Crippen LogP) is 4.18. The number of carbonyl (C=O) groups excluding carboxylic acids is 2. The summed E-state index contributed by atoms with van der Waals surface area (Å²) in [7, 11) is 0. The summed E-state index contributed by atoms with van der Waals surface area (Å²) in [4.78, 5) is 34.9. The van der Waals surface area contributed by atoms with Crippen LogP contribution < -0.4 is 5.32 Å². The van der Waals surface area contributed by atoms with Crippen LogP contribution in [-0.2, 0) is 4.79 Å². The summed E-state index contributed by atoms with van der Waals surface area (Å²) in [6.07, 6.45) is 1.97. The van der Waals surface area contributed by atoms with Gasteiger partial charge in [-0.25, -0.2) is 4.98 Å². The van der Waals surface area contributed by atoms with Gasteiger partial charge in [0.1, 0.15) is 5.82 Å². The average molecular weight is 390 g/mol. The van der Waals surface area contributed by atoms with Crippen molar-refractivity contribution < 1.29 is 9.59 Å². The number of fused-ring (bicyclic) bond motifs is 1. The maximum Gasteiger partial charge on any atom is 0.253 e. The second-order valence-corrected chi connectivity index (χ2v) is 7.95. The number of hydrogen-bond donors (Lipinski definition) is 2. The standard InChI is InChI=1S/C23H26N4O2/c1-15(2)22(28)24-18-11-9-16(10-12-18)23(29)27-13-5-6-17(14-27)21-25-19-7-3-4-8-20(19)26-21/h3-4,7-12,15,17H,5-6,13-14H2,1-2H3,(H,24,28)(H,25,26). The van der Waals surface area contributed by atoms with Gasteiger partial charge in [-0.2, -0.15) is 0 Å². The van der Waals surface area contributed by atoms with Crippen LogP contribution in [-0.4, -0.2) is 39.8 Å². The minimum absolute atomic E-state index is 0.0209. The van der Waals surface area contributed by atoms with Crippen LogP contribution in [0.25, 0.3) is 11.0 Å². The van der Waals surface area contributed by atoms with Gasteiger partial charge in [-0.3, -0.25) is 9.59 Å². The fourth-order valence-electron chi connectivity index (χ4n) is 3.72. The quantitative estimate of drug-likeness (QED) is 0.702. The van der Waals surface area contributed by atoms with Crippen LogP contribution in [0.4, 0.5) is 5.69 Å². The van der Waals surface area contributed by atoms with Gasteiger partial charge in [0.2, 0.25) is 5.91 Å². The van der Waals surface area contributed by atoms with E-state index in [1.165, 1.54) is 0 Å². The molecule has 150 valence electrons. The highest BCUT2D eigenvalue weighted by atomic mass is 16.2. The molecule has 3 aromatic rings. The summed E-state index contributed by atoms with van der Waals surface area (Å²) < 4.78 is 0. The van der Waals surface area contributed by atoms with Crippen LogP contribution in [0.1, 0.15) is 48.8 Å². The molecule has 2 heterocycles. The molecule has 2 aromatic carbocycles. The maximum absolute atomic E-state index is 13.0. The van der Waals surface area contributed by atoms with E-state index in [-0.39, 0.29) is 23.7 Å². The Kier molecular flexibility index (Phi) is 5.34. The Hall–Kier alpha value is -3.15. The van der Waals surface area contributed by atoms with E-state index in [4.69, 9.17) is 4.98 Å². The first-order valence-electron chi connectivity index (χ1n) is 10.2. The van der Waals surface area contributed by atoms with Gasteiger partial charge in [0, 0.05) is 36.2 Å². The van der Waals surface area contributed by atoms with Crippen molar-refractivity contribution in [3.8, 4) is 0 Å². The molecule has 4 rings (SSSR count). The number of imidazole rings is 1. The van der Waals surface area contributed by atoms with E-state index in [1.807, 2.05) is 43.0 Å². The van der Waals surface area contributed by atoms with Crippen molar-refractivity contribution in [3.05, 3.63) is 59.9 Å².